The monoisotopic (exact) mass is 201 g/mol. The Labute approximate surface area is 82.5 Å². The summed E-state index contributed by atoms with van der Waals surface area (Å²) in [4.78, 5) is 1.26. The minimum Gasteiger partial charge on any atom is -0.301 e. The number of halogens is 1. The SMILES string of the molecule is CNC(Cl)c1ccc(SC)cc1. The molecule has 0 aliphatic heterocycles. The van der Waals surface area contributed by atoms with Crippen LogP contribution in [0.3, 0.4) is 0 Å². The van der Waals surface area contributed by atoms with E-state index in [0.29, 0.717) is 0 Å². The van der Waals surface area contributed by atoms with Gasteiger partial charge in [-0.3, -0.25) is 0 Å². The number of thioether (sulfide) groups is 1. The molecule has 0 aliphatic carbocycles. The van der Waals surface area contributed by atoms with Crippen LogP contribution in [0, 0.1) is 0 Å². The van der Waals surface area contributed by atoms with Gasteiger partial charge in [0.1, 0.15) is 5.50 Å². The van der Waals surface area contributed by atoms with E-state index in [-0.39, 0.29) is 5.50 Å². The first-order valence-corrected chi connectivity index (χ1v) is 5.39. The lowest BCUT2D eigenvalue weighted by atomic mass is 10.2. The molecule has 3 heteroatoms. The van der Waals surface area contributed by atoms with Crippen LogP contribution in [-0.4, -0.2) is 13.3 Å². The van der Waals surface area contributed by atoms with Crippen LogP contribution in [0.1, 0.15) is 11.1 Å². The highest BCUT2D eigenvalue weighted by atomic mass is 35.5. The molecular formula is C9H12ClNS. The summed E-state index contributed by atoms with van der Waals surface area (Å²) in [6.45, 7) is 0. The van der Waals surface area contributed by atoms with Crippen molar-refractivity contribution in [3.8, 4) is 0 Å². The van der Waals surface area contributed by atoms with Crippen LogP contribution in [0.2, 0.25) is 0 Å². The van der Waals surface area contributed by atoms with Gasteiger partial charge in [0, 0.05) is 4.90 Å². The van der Waals surface area contributed by atoms with E-state index < -0.39 is 0 Å². The number of alkyl halides is 1. The van der Waals surface area contributed by atoms with Crippen LogP contribution >= 0.6 is 23.4 Å². The summed E-state index contributed by atoms with van der Waals surface area (Å²) in [6, 6.07) is 8.24. The van der Waals surface area contributed by atoms with Gasteiger partial charge < -0.3 is 5.32 Å². The molecule has 0 aliphatic rings. The summed E-state index contributed by atoms with van der Waals surface area (Å²) < 4.78 is 0. The molecule has 1 unspecified atom stereocenters. The lowest BCUT2D eigenvalue weighted by Crippen LogP contribution is -2.09. The minimum absolute atomic E-state index is 0.0825. The second kappa shape index (κ2) is 4.75. The number of hydrogen-bond acceptors (Lipinski definition) is 2. The predicted octanol–water partition coefficient (Wildman–Crippen LogP) is 2.87. The highest BCUT2D eigenvalue weighted by molar-refractivity contribution is 7.98. The Morgan fingerprint density at radius 2 is 1.92 bits per heavy atom. The summed E-state index contributed by atoms with van der Waals surface area (Å²) in [6.07, 6.45) is 2.06. The highest BCUT2D eigenvalue weighted by Gasteiger charge is 2.02. The topological polar surface area (TPSA) is 12.0 Å². The standard InChI is InChI=1S/C9H12ClNS/c1-11-9(10)7-3-5-8(12-2)6-4-7/h3-6,9,11H,1-2H3. The van der Waals surface area contributed by atoms with Crippen LogP contribution in [0.15, 0.2) is 29.2 Å². The van der Waals surface area contributed by atoms with E-state index in [1.165, 1.54) is 4.90 Å². The van der Waals surface area contributed by atoms with Gasteiger partial charge >= 0.3 is 0 Å². The molecule has 0 aromatic heterocycles. The molecular weight excluding hydrogens is 190 g/mol. The maximum atomic E-state index is 5.97. The third-order valence-corrected chi connectivity index (χ3v) is 2.88. The fourth-order valence-electron chi connectivity index (χ4n) is 0.940. The lowest BCUT2D eigenvalue weighted by molar-refractivity contribution is 0.783. The van der Waals surface area contributed by atoms with Gasteiger partial charge in [0.2, 0.25) is 0 Å². The Kier molecular flexibility index (Phi) is 3.92. The fraction of sp³-hybridized carbons (Fsp3) is 0.333. The summed E-state index contributed by atoms with van der Waals surface area (Å²) >= 11 is 7.70. The predicted molar refractivity (Wildman–Crippen MR) is 55.9 cm³/mol. The van der Waals surface area contributed by atoms with Crippen molar-refractivity contribution in [2.45, 2.75) is 10.4 Å². The van der Waals surface area contributed by atoms with Crippen molar-refractivity contribution in [3.63, 3.8) is 0 Å². The van der Waals surface area contributed by atoms with Gasteiger partial charge in [-0.1, -0.05) is 12.1 Å². The Balaban J connectivity index is 2.77. The zero-order chi connectivity index (χ0) is 8.97. The van der Waals surface area contributed by atoms with Gasteiger partial charge in [0.15, 0.2) is 0 Å². The number of rotatable bonds is 3. The summed E-state index contributed by atoms with van der Waals surface area (Å²) in [5, 5.41) is 2.98. The normalized spacial score (nSPS) is 12.9. The summed E-state index contributed by atoms with van der Waals surface area (Å²) in [5.74, 6) is 0. The molecule has 0 heterocycles. The van der Waals surface area contributed by atoms with E-state index >= 15 is 0 Å². The van der Waals surface area contributed by atoms with Crippen molar-refractivity contribution in [3.05, 3.63) is 29.8 Å². The van der Waals surface area contributed by atoms with Crippen LogP contribution in [0.25, 0.3) is 0 Å². The average molecular weight is 202 g/mol. The Morgan fingerprint density at radius 1 is 1.33 bits per heavy atom. The molecule has 0 radical (unpaired) electrons. The van der Waals surface area contributed by atoms with Gasteiger partial charge in [-0.25, -0.2) is 0 Å². The Hall–Kier alpha value is -0.180. The van der Waals surface area contributed by atoms with Gasteiger partial charge in [0.05, 0.1) is 0 Å². The molecule has 12 heavy (non-hydrogen) atoms. The van der Waals surface area contributed by atoms with Gasteiger partial charge in [-0.15, -0.1) is 23.4 Å². The molecule has 0 fully saturated rings. The van der Waals surface area contributed by atoms with Crippen LogP contribution in [-0.2, 0) is 0 Å². The smallest absolute Gasteiger partial charge is 0.108 e. The maximum Gasteiger partial charge on any atom is 0.108 e. The summed E-state index contributed by atoms with van der Waals surface area (Å²) in [7, 11) is 1.85. The molecule has 0 bridgehead atoms. The molecule has 1 aromatic carbocycles. The van der Waals surface area contributed by atoms with Gasteiger partial charge in [0.25, 0.3) is 0 Å². The van der Waals surface area contributed by atoms with E-state index in [4.69, 9.17) is 11.6 Å². The van der Waals surface area contributed by atoms with E-state index in [2.05, 4.69) is 23.7 Å². The van der Waals surface area contributed by atoms with Crippen molar-refractivity contribution >= 4 is 23.4 Å². The summed E-state index contributed by atoms with van der Waals surface area (Å²) in [5.41, 5.74) is 1.03. The second-order valence-electron chi connectivity index (χ2n) is 2.42. The minimum atomic E-state index is -0.0825. The maximum absolute atomic E-state index is 5.97. The largest absolute Gasteiger partial charge is 0.301 e. The zero-order valence-electron chi connectivity index (χ0n) is 7.17. The molecule has 1 nitrogen and oxygen atoms in total. The van der Waals surface area contributed by atoms with E-state index in [1.807, 2.05) is 19.2 Å². The quantitative estimate of drug-likeness (QED) is 0.459. The lowest BCUT2D eigenvalue weighted by Gasteiger charge is -2.07. The molecule has 0 saturated heterocycles. The highest BCUT2D eigenvalue weighted by Crippen LogP contribution is 2.20. The number of hydrogen-bond donors (Lipinski definition) is 1. The van der Waals surface area contributed by atoms with Crippen molar-refractivity contribution in [2.24, 2.45) is 0 Å². The van der Waals surface area contributed by atoms with Crippen molar-refractivity contribution < 1.29 is 0 Å². The van der Waals surface area contributed by atoms with Crippen LogP contribution in [0.5, 0.6) is 0 Å². The molecule has 0 saturated carbocycles. The molecule has 0 spiro atoms. The number of nitrogens with one attached hydrogen (secondary N) is 1. The molecule has 0 amide bonds. The third kappa shape index (κ3) is 2.41. The fourth-order valence-corrected chi connectivity index (χ4v) is 1.49. The first-order chi connectivity index (χ1) is 5.77. The van der Waals surface area contributed by atoms with Crippen LogP contribution < -0.4 is 5.32 Å². The van der Waals surface area contributed by atoms with Crippen molar-refractivity contribution in [1.29, 1.82) is 0 Å². The van der Waals surface area contributed by atoms with Gasteiger partial charge in [-0.2, -0.15) is 0 Å². The van der Waals surface area contributed by atoms with E-state index in [1.54, 1.807) is 11.8 Å². The molecule has 1 aromatic rings. The second-order valence-corrected chi connectivity index (χ2v) is 3.74. The zero-order valence-corrected chi connectivity index (χ0v) is 8.75. The first kappa shape index (κ1) is 9.90. The van der Waals surface area contributed by atoms with Crippen molar-refractivity contribution in [1.82, 2.24) is 5.32 Å². The Bertz CT molecular complexity index is 235. The first-order valence-electron chi connectivity index (χ1n) is 3.73. The van der Waals surface area contributed by atoms with Crippen LogP contribution in [0.4, 0.5) is 0 Å². The van der Waals surface area contributed by atoms with E-state index in [0.717, 1.165) is 5.56 Å². The van der Waals surface area contributed by atoms with Gasteiger partial charge in [-0.05, 0) is 31.0 Å². The molecule has 1 rings (SSSR count). The third-order valence-electron chi connectivity index (χ3n) is 1.66. The molecule has 66 valence electrons. The Morgan fingerprint density at radius 3 is 2.33 bits per heavy atom. The molecule has 1 N–H and O–H groups in total. The van der Waals surface area contributed by atoms with Crippen molar-refractivity contribution in [2.75, 3.05) is 13.3 Å². The van der Waals surface area contributed by atoms with E-state index in [9.17, 15) is 0 Å². The number of benzene rings is 1. The average Bonchev–Trinajstić information content (AvgIpc) is 2.17. The molecule has 1 atom stereocenters.